The second kappa shape index (κ2) is 5.53. The molecule has 0 unspecified atom stereocenters. The van der Waals surface area contributed by atoms with E-state index in [0.717, 1.165) is 5.56 Å². The molecular formula is C13H16N4O2. The fourth-order valence-corrected chi connectivity index (χ4v) is 1.63. The number of hydrogen-bond acceptors (Lipinski definition) is 4. The van der Waals surface area contributed by atoms with Crippen LogP contribution in [-0.4, -0.2) is 27.1 Å². The van der Waals surface area contributed by atoms with E-state index in [1.165, 1.54) is 6.07 Å². The number of aromatic hydroxyl groups is 1. The van der Waals surface area contributed by atoms with Crippen LogP contribution in [0.4, 0.5) is 5.69 Å². The maximum atomic E-state index is 11.9. The average molecular weight is 260 g/mol. The van der Waals surface area contributed by atoms with Crippen LogP contribution in [0.2, 0.25) is 0 Å². The standard InChI is InChI=1S/C13H16N4O2/c1-9-2-3-10(6-12(9)18)16-13(19)11-7-17(5-4-14)8-15-11/h2-3,6-8,18H,4-5,14H2,1H3,(H,16,19). The molecule has 0 bridgehead atoms. The normalized spacial score (nSPS) is 10.4. The number of aromatic nitrogens is 2. The molecule has 0 aliphatic carbocycles. The van der Waals surface area contributed by atoms with Gasteiger partial charge in [-0.05, 0) is 18.6 Å². The summed E-state index contributed by atoms with van der Waals surface area (Å²) >= 11 is 0. The molecule has 0 saturated carbocycles. The van der Waals surface area contributed by atoms with Crippen molar-refractivity contribution in [3.63, 3.8) is 0 Å². The first-order valence-electron chi connectivity index (χ1n) is 5.93. The third-order valence-electron chi connectivity index (χ3n) is 2.72. The van der Waals surface area contributed by atoms with Crippen LogP contribution in [0.25, 0.3) is 0 Å². The van der Waals surface area contributed by atoms with Crippen LogP contribution in [0.1, 0.15) is 16.1 Å². The van der Waals surface area contributed by atoms with E-state index in [1.54, 1.807) is 36.1 Å². The highest BCUT2D eigenvalue weighted by Gasteiger charge is 2.10. The van der Waals surface area contributed by atoms with Gasteiger partial charge in [0.2, 0.25) is 0 Å². The summed E-state index contributed by atoms with van der Waals surface area (Å²) in [5.74, 6) is -0.175. The topological polar surface area (TPSA) is 93.2 Å². The van der Waals surface area contributed by atoms with Gasteiger partial charge < -0.3 is 20.7 Å². The molecule has 1 aromatic heterocycles. The summed E-state index contributed by atoms with van der Waals surface area (Å²) in [6.07, 6.45) is 3.20. The smallest absolute Gasteiger partial charge is 0.275 e. The molecule has 19 heavy (non-hydrogen) atoms. The van der Waals surface area contributed by atoms with E-state index >= 15 is 0 Å². The number of nitrogens with zero attached hydrogens (tertiary/aromatic N) is 2. The molecule has 0 aliphatic rings. The van der Waals surface area contributed by atoms with E-state index in [1.807, 2.05) is 0 Å². The predicted octanol–water partition coefficient (Wildman–Crippen LogP) is 1.11. The third-order valence-corrected chi connectivity index (χ3v) is 2.72. The molecule has 0 radical (unpaired) electrons. The highest BCUT2D eigenvalue weighted by atomic mass is 16.3. The van der Waals surface area contributed by atoms with Crippen molar-refractivity contribution in [1.29, 1.82) is 0 Å². The van der Waals surface area contributed by atoms with Crippen LogP contribution in [-0.2, 0) is 6.54 Å². The number of carbonyl (C=O) groups excluding carboxylic acids is 1. The van der Waals surface area contributed by atoms with Crippen LogP contribution in [0, 0.1) is 6.92 Å². The molecule has 2 rings (SSSR count). The molecule has 0 atom stereocenters. The summed E-state index contributed by atoms with van der Waals surface area (Å²) in [4.78, 5) is 15.9. The van der Waals surface area contributed by atoms with E-state index in [4.69, 9.17) is 5.73 Å². The second-order valence-electron chi connectivity index (χ2n) is 4.24. The van der Waals surface area contributed by atoms with Gasteiger partial charge in [-0.15, -0.1) is 0 Å². The van der Waals surface area contributed by atoms with Gasteiger partial charge in [-0.1, -0.05) is 6.07 Å². The molecule has 1 heterocycles. The molecule has 1 amide bonds. The minimum absolute atomic E-state index is 0.145. The Kier molecular flexibility index (Phi) is 3.82. The molecule has 2 aromatic rings. The van der Waals surface area contributed by atoms with Gasteiger partial charge in [-0.3, -0.25) is 4.79 Å². The van der Waals surface area contributed by atoms with Crippen LogP contribution < -0.4 is 11.1 Å². The lowest BCUT2D eigenvalue weighted by Gasteiger charge is -2.05. The molecule has 1 aromatic carbocycles. The monoisotopic (exact) mass is 260 g/mol. The minimum atomic E-state index is -0.320. The zero-order chi connectivity index (χ0) is 13.8. The van der Waals surface area contributed by atoms with Crippen molar-refractivity contribution >= 4 is 11.6 Å². The Morgan fingerprint density at radius 1 is 1.53 bits per heavy atom. The Bertz CT molecular complexity index is 592. The molecule has 0 aliphatic heterocycles. The third kappa shape index (κ3) is 3.11. The highest BCUT2D eigenvalue weighted by Crippen LogP contribution is 2.21. The molecule has 0 saturated heterocycles. The fraction of sp³-hybridized carbons (Fsp3) is 0.231. The van der Waals surface area contributed by atoms with Crippen LogP contribution in [0.5, 0.6) is 5.75 Å². The summed E-state index contributed by atoms with van der Waals surface area (Å²) in [5.41, 5.74) is 7.02. The number of rotatable bonds is 4. The zero-order valence-corrected chi connectivity index (χ0v) is 10.6. The lowest BCUT2D eigenvalue weighted by atomic mass is 10.2. The maximum Gasteiger partial charge on any atom is 0.275 e. The van der Waals surface area contributed by atoms with Crippen molar-refractivity contribution in [3.8, 4) is 5.75 Å². The highest BCUT2D eigenvalue weighted by molar-refractivity contribution is 6.02. The molecule has 0 spiro atoms. The Balaban J connectivity index is 2.09. The first-order chi connectivity index (χ1) is 9.10. The number of carbonyl (C=O) groups is 1. The number of nitrogens with two attached hydrogens (primary N) is 1. The van der Waals surface area contributed by atoms with Crippen LogP contribution in [0.3, 0.4) is 0 Å². The molecule has 100 valence electrons. The van der Waals surface area contributed by atoms with E-state index in [-0.39, 0.29) is 11.7 Å². The first-order valence-corrected chi connectivity index (χ1v) is 5.93. The Morgan fingerprint density at radius 2 is 2.32 bits per heavy atom. The number of phenols is 1. The summed E-state index contributed by atoms with van der Waals surface area (Å²) in [6, 6.07) is 4.96. The second-order valence-corrected chi connectivity index (χ2v) is 4.24. The Labute approximate surface area is 110 Å². The van der Waals surface area contributed by atoms with Gasteiger partial charge in [-0.2, -0.15) is 0 Å². The van der Waals surface area contributed by atoms with E-state index in [2.05, 4.69) is 10.3 Å². The molecular weight excluding hydrogens is 244 g/mol. The molecule has 4 N–H and O–H groups in total. The van der Waals surface area contributed by atoms with E-state index in [9.17, 15) is 9.90 Å². The molecule has 6 heteroatoms. The van der Waals surface area contributed by atoms with Crippen molar-refractivity contribution in [1.82, 2.24) is 9.55 Å². The number of hydrogen-bond donors (Lipinski definition) is 3. The largest absolute Gasteiger partial charge is 0.508 e. The summed E-state index contributed by atoms with van der Waals surface area (Å²) in [5, 5.41) is 12.2. The first kappa shape index (κ1) is 13.1. The van der Waals surface area contributed by atoms with Crippen LogP contribution >= 0.6 is 0 Å². The number of imidazole rings is 1. The summed E-state index contributed by atoms with van der Waals surface area (Å²) < 4.78 is 1.75. The number of anilines is 1. The minimum Gasteiger partial charge on any atom is -0.508 e. The van der Waals surface area contributed by atoms with Crippen LogP contribution in [0.15, 0.2) is 30.7 Å². The molecule has 6 nitrogen and oxygen atoms in total. The molecule has 0 fully saturated rings. The zero-order valence-electron chi connectivity index (χ0n) is 10.6. The lowest BCUT2D eigenvalue weighted by Crippen LogP contribution is -2.12. The average Bonchev–Trinajstić information content (AvgIpc) is 2.83. The number of phenolic OH excluding ortho intramolecular Hbond substituents is 1. The van der Waals surface area contributed by atoms with Crippen molar-refractivity contribution < 1.29 is 9.90 Å². The fourth-order valence-electron chi connectivity index (χ4n) is 1.63. The predicted molar refractivity (Wildman–Crippen MR) is 72.1 cm³/mol. The van der Waals surface area contributed by atoms with Crippen molar-refractivity contribution in [3.05, 3.63) is 42.0 Å². The number of nitrogens with one attached hydrogen (secondary N) is 1. The maximum absolute atomic E-state index is 11.9. The van der Waals surface area contributed by atoms with Gasteiger partial charge in [0.1, 0.15) is 11.4 Å². The van der Waals surface area contributed by atoms with Gasteiger partial charge in [0.05, 0.1) is 6.33 Å². The lowest BCUT2D eigenvalue weighted by molar-refractivity contribution is 0.102. The van der Waals surface area contributed by atoms with E-state index < -0.39 is 0 Å². The summed E-state index contributed by atoms with van der Waals surface area (Å²) in [7, 11) is 0. The number of benzene rings is 1. The number of amides is 1. The van der Waals surface area contributed by atoms with Crippen molar-refractivity contribution in [2.75, 3.05) is 11.9 Å². The van der Waals surface area contributed by atoms with Gasteiger partial charge in [0, 0.05) is 31.0 Å². The quantitative estimate of drug-likeness (QED) is 0.767. The Hall–Kier alpha value is -2.34. The SMILES string of the molecule is Cc1ccc(NC(=O)c2cn(CCN)cn2)cc1O. The van der Waals surface area contributed by atoms with Gasteiger partial charge >= 0.3 is 0 Å². The van der Waals surface area contributed by atoms with Gasteiger partial charge in [0.15, 0.2) is 0 Å². The van der Waals surface area contributed by atoms with Gasteiger partial charge in [0.25, 0.3) is 5.91 Å². The van der Waals surface area contributed by atoms with Crippen molar-refractivity contribution in [2.45, 2.75) is 13.5 Å². The number of aryl methyl sites for hydroxylation is 1. The summed E-state index contributed by atoms with van der Waals surface area (Å²) in [6.45, 7) is 2.89. The van der Waals surface area contributed by atoms with Crippen molar-refractivity contribution in [2.24, 2.45) is 5.73 Å². The van der Waals surface area contributed by atoms with E-state index in [0.29, 0.717) is 24.5 Å². The van der Waals surface area contributed by atoms with Gasteiger partial charge in [-0.25, -0.2) is 4.98 Å². The Morgan fingerprint density at radius 3 is 3.00 bits per heavy atom.